The summed E-state index contributed by atoms with van der Waals surface area (Å²) in [6.07, 6.45) is 0. The Bertz CT molecular complexity index is 791. The SMILES string of the molecule is CNC(=S)Nc1ccc(-c2nc3ccc(C)cc3s2)cc1. The number of nitrogens with one attached hydrogen (secondary N) is 2. The Morgan fingerprint density at radius 3 is 2.62 bits per heavy atom. The fraction of sp³-hybridized carbons (Fsp3) is 0.125. The highest BCUT2D eigenvalue weighted by atomic mass is 32.1. The Labute approximate surface area is 133 Å². The first-order valence-corrected chi connectivity index (χ1v) is 7.84. The van der Waals surface area contributed by atoms with Crippen LogP contribution in [0, 0.1) is 6.92 Å². The molecule has 3 rings (SSSR count). The van der Waals surface area contributed by atoms with E-state index in [4.69, 9.17) is 17.2 Å². The van der Waals surface area contributed by atoms with E-state index in [0.717, 1.165) is 21.8 Å². The molecule has 0 saturated carbocycles. The summed E-state index contributed by atoms with van der Waals surface area (Å²) >= 11 is 6.81. The van der Waals surface area contributed by atoms with Crippen LogP contribution in [0.3, 0.4) is 0 Å². The number of rotatable bonds is 2. The first-order chi connectivity index (χ1) is 10.2. The number of hydrogen-bond acceptors (Lipinski definition) is 3. The first kappa shape index (κ1) is 14.0. The first-order valence-electron chi connectivity index (χ1n) is 6.62. The van der Waals surface area contributed by atoms with Gasteiger partial charge in [-0.3, -0.25) is 0 Å². The van der Waals surface area contributed by atoms with Crippen molar-refractivity contribution >= 4 is 44.6 Å². The largest absolute Gasteiger partial charge is 0.366 e. The molecule has 1 aromatic heterocycles. The van der Waals surface area contributed by atoms with E-state index in [1.165, 1.54) is 10.3 Å². The van der Waals surface area contributed by atoms with Gasteiger partial charge in [-0.05, 0) is 61.1 Å². The summed E-state index contributed by atoms with van der Waals surface area (Å²) in [4.78, 5) is 4.69. The molecule has 0 aliphatic carbocycles. The van der Waals surface area contributed by atoms with Gasteiger partial charge in [0.1, 0.15) is 5.01 Å². The van der Waals surface area contributed by atoms with Gasteiger partial charge in [0.2, 0.25) is 0 Å². The van der Waals surface area contributed by atoms with E-state index in [0.29, 0.717) is 5.11 Å². The lowest BCUT2D eigenvalue weighted by Crippen LogP contribution is -2.23. The second-order valence-corrected chi connectivity index (χ2v) is 6.21. The summed E-state index contributed by atoms with van der Waals surface area (Å²) in [5.41, 5.74) is 4.40. The van der Waals surface area contributed by atoms with Crippen LogP contribution in [0.5, 0.6) is 0 Å². The maximum Gasteiger partial charge on any atom is 0.170 e. The van der Waals surface area contributed by atoms with Crippen LogP contribution in [0.4, 0.5) is 5.69 Å². The van der Waals surface area contributed by atoms with Crippen LogP contribution in [0.15, 0.2) is 42.5 Å². The molecular formula is C16H15N3S2. The molecule has 0 radical (unpaired) electrons. The third kappa shape index (κ3) is 3.04. The molecule has 0 aliphatic rings. The topological polar surface area (TPSA) is 37.0 Å². The molecule has 21 heavy (non-hydrogen) atoms. The molecule has 0 spiro atoms. The Morgan fingerprint density at radius 1 is 1.14 bits per heavy atom. The van der Waals surface area contributed by atoms with Gasteiger partial charge in [-0.15, -0.1) is 11.3 Å². The molecule has 106 valence electrons. The number of nitrogens with zero attached hydrogens (tertiary/aromatic N) is 1. The predicted molar refractivity (Wildman–Crippen MR) is 95.1 cm³/mol. The Morgan fingerprint density at radius 2 is 1.90 bits per heavy atom. The van der Waals surface area contributed by atoms with E-state index >= 15 is 0 Å². The monoisotopic (exact) mass is 313 g/mol. The number of anilines is 1. The fourth-order valence-corrected chi connectivity index (χ4v) is 3.23. The minimum absolute atomic E-state index is 0.609. The van der Waals surface area contributed by atoms with Gasteiger partial charge in [0.15, 0.2) is 5.11 Å². The molecule has 0 fully saturated rings. The van der Waals surface area contributed by atoms with Crippen molar-refractivity contribution in [3.63, 3.8) is 0 Å². The highest BCUT2D eigenvalue weighted by molar-refractivity contribution is 7.80. The molecule has 2 aromatic carbocycles. The quantitative estimate of drug-likeness (QED) is 0.696. The third-order valence-corrected chi connectivity index (χ3v) is 4.53. The molecule has 3 nitrogen and oxygen atoms in total. The smallest absolute Gasteiger partial charge is 0.170 e. The number of fused-ring (bicyclic) bond motifs is 1. The summed E-state index contributed by atoms with van der Waals surface area (Å²) in [5.74, 6) is 0. The lowest BCUT2D eigenvalue weighted by atomic mass is 10.2. The van der Waals surface area contributed by atoms with Gasteiger partial charge in [0.25, 0.3) is 0 Å². The molecular weight excluding hydrogens is 298 g/mol. The van der Waals surface area contributed by atoms with Crippen molar-refractivity contribution in [2.45, 2.75) is 6.92 Å². The Balaban J connectivity index is 1.90. The highest BCUT2D eigenvalue weighted by Crippen LogP contribution is 2.31. The minimum Gasteiger partial charge on any atom is -0.366 e. The van der Waals surface area contributed by atoms with Gasteiger partial charge in [0.05, 0.1) is 10.2 Å². The van der Waals surface area contributed by atoms with E-state index < -0.39 is 0 Å². The van der Waals surface area contributed by atoms with Gasteiger partial charge in [0, 0.05) is 18.3 Å². The van der Waals surface area contributed by atoms with Crippen molar-refractivity contribution in [3.05, 3.63) is 48.0 Å². The minimum atomic E-state index is 0.609. The highest BCUT2D eigenvalue weighted by Gasteiger charge is 2.06. The molecule has 0 unspecified atom stereocenters. The van der Waals surface area contributed by atoms with Crippen molar-refractivity contribution in [1.29, 1.82) is 0 Å². The molecule has 0 saturated heterocycles. The number of aryl methyl sites for hydroxylation is 1. The second kappa shape index (κ2) is 5.79. The lowest BCUT2D eigenvalue weighted by molar-refractivity contribution is 1.20. The van der Waals surface area contributed by atoms with Crippen molar-refractivity contribution in [2.75, 3.05) is 12.4 Å². The second-order valence-electron chi connectivity index (χ2n) is 4.77. The molecule has 5 heteroatoms. The molecule has 3 aromatic rings. The fourth-order valence-electron chi connectivity index (χ4n) is 2.05. The lowest BCUT2D eigenvalue weighted by Gasteiger charge is -2.06. The molecule has 0 amide bonds. The van der Waals surface area contributed by atoms with Crippen LogP contribution in [-0.2, 0) is 0 Å². The zero-order valence-electron chi connectivity index (χ0n) is 11.8. The summed E-state index contributed by atoms with van der Waals surface area (Å²) in [7, 11) is 1.80. The average molecular weight is 313 g/mol. The van der Waals surface area contributed by atoms with Gasteiger partial charge in [-0.1, -0.05) is 6.07 Å². The summed E-state index contributed by atoms with van der Waals surface area (Å²) in [6.45, 7) is 2.10. The summed E-state index contributed by atoms with van der Waals surface area (Å²) < 4.78 is 1.23. The van der Waals surface area contributed by atoms with E-state index in [9.17, 15) is 0 Å². The van der Waals surface area contributed by atoms with Crippen molar-refractivity contribution in [3.8, 4) is 10.6 Å². The van der Waals surface area contributed by atoms with Crippen LogP contribution < -0.4 is 10.6 Å². The zero-order valence-corrected chi connectivity index (χ0v) is 13.4. The number of thiocarbonyl (C=S) groups is 1. The molecule has 0 aliphatic heterocycles. The molecule has 1 heterocycles. The zero-order chi connectivity index (χ0) is 14.8. The van der Waals surface area contributed by atoms with E-state index in [-0.39, 0.29) is 0 Å². The number of aromatic nitrogens is 1. The van der Waals surface area contributed by atoms with Crippen LogP contribution in [0.1, 0.15) is 5.56 Å². The Hall–Kier alpha value is -1.98. The molecule has 0 atom stereocenters. The predicted octanol–water partition coefficient (Wildman–Crippen LogP) is 4.19. The standard InChI is InChI=1S/C16H15N3S2/c1-10-3-8-13-14(9-10)21-15(19-13)11-4-6-12(7-5-11)18-16(20)17-2/h3-9H,1-2H3,(H2,17,18,20). The van der Waals surface area contributed by atoms with Crippen LogP contribution in [0.25, 0.3) is 20.8 Å². The number of hydrogen-bond donors (Lipinski definition) is 2. The number of thiazole rings is 1. The average Bonchev–Trinajstić information content (AvgIpc) is 2.90. The van der Waals surface area contributed by atoms with Crippen LogP contribution in [-0.4, -0.2) is 17.1 Å². The number of benzene rings is 2. The molecule has 0 bridgehead atoms. The van der Waals surface area contributed by atoms with E-state index in [2.05, 4.69) is 47.9 Å². The Kier molecular flexibility index (Phi) is 3.86. The van der Waals surface area contributed by atoms with Crippen LogP contribution >= 0.6 is 23.6 Å². The van der Waals surface area contributed by atoms with Gasteiger partial charge in [-0.25, -0.2) is 4.98 Å². The summed E-state index contributed by atoms with van der Waals surface area (Å²) in [5, 5.41) is 7.65. The van der Waals surface area contributed by atoms with E-state index in [1.807, 2.05) is 12.1 Å². The van der Waals surface area contributed by atoms with E-state index in [1.54, 1.807) is 18.4 Å². The molecule has 2 N–H and O–H groups in total. The normalized spacial score (nSPS) is 10.6. The van der Waals surface area contributed by atoms with Crippen LogP contribution in [0.2, 0.25) is 0 Å². The maximum absolute atomic E-state index is 5.09. The van der Waals surface area contributed by atoms with Gasteiger partial charge in [-0.2, -0.15) is 0 Å². The van der Waals surface area contributed by atoms with Gasteiger partial charge < -0.3 is 10.6 Å². The van der Waals surface area contributed by atoms with Crippen molar-refractivity contribution in [1.82, 2.24) is 10.3 Å². The van der Waals surface area contributed by atoms with Crippen molar-refractivity contribution in [2.24, 2.45) is 0 Å². The third-order valence-electron chi connectivity index (χ3n) is 3.16. The van der Waals surface area contributed by atoms with Crippen molar-refractivity contribution < 1.29 is 0 Å². The van der Waals surface area contributed by atoms with Gasteiger partial charge >= 0.3 is 0 Å². The maximum atomic E-state index is 5.09. The summed E-state index contributed by atoms with van der Waals surface area (Å²) in [6, 6.07) is 14.5.